The van der Waals surface area contributed by atoms with E-state index in [-0.39, 0.29) is 10.6 Å². The lowest BCUT2D eigenvalue weighted by Crippen LogP contribution is -2.25. The van der Waals surface area contributed by atoms with Crippen molar-refractivity contribution in [1.82, 2.24) is 9.97 Å². The van der Waals surface area contributed by atoms with Gasteiger partial charge in [0, 0.05) is 19.2 Å². The van der Waals surface area contributed by atoms with Gasteiger partial charge in [-0.2, -0.15) is 0 Å². The van der Waals surface area contributed by atoms with Crippen LogP contribution in [0.25, 0.3) is 10.2 Å². The molecule has 0 saturated carbocycles. The van der Waals surface area contributed by atoms with Crippen molar-refractivity contribution in [3.05, 3.63) is 46.8 Å². The average Bonchev–Trinajstić information content (AvgIpc) is 2.87. The topological polar surface area (TPSA) is 72.2 Å². The number of nitro benzene ring substituents is 1. The largest absolute Gasteiger partial charge is 0.356 e. The first-order valence-corrected chi connectivity index (χ1v) is 10.3. The standard InChI is InChI=1S/C18H18N4O2S2/c23-22(24)14-7-3-4-8-15(14)25-16-11-13-17(19-12-20-18(13)26-16)21-9-5-1-2-6-10-21/h3-4,7-8,11-12H,1-2,5-6,9-10H2. The van der Waals surface area contributed by atoms with Crippen molar-refractivity contribution in [2.24, 2.45) is 0 Å². The van der Waals surface area contributed by atoms with Gasteiger partial charge < -0.3 is 4.90 Å². The van der Waals surface area contributed by atoms with Gasteiger partial charge in [-0.05, 0) is 25.0 Å². The predicted octanol–water partition coefficient (Wildman–Crippen LogP) is 5.13. The van der Waals surface area contributed by atoms with Gasteiger partial charge >= 0.3 is 0 Å². The Bertz CT molecular complexity index is 936. The van der Waals surface area contributed by atoms with E-state index in [1.54, 1.807) is 29.8 Å². The van der Waals surface area contributed by atoms with Crippen molar-refractivity contribution in [2.75, 3.05) is 18.0 Å². The maximum Gasteiger partial charge on any atom is 0.283 e. The molecule has 1 aliphatic heterocycles. The average molecular weight is 387 g/mol. The second kappa shape index (κ2) is 7.59. The van der Waals surface area contributed by atoms with E-state index in [2.05, 4.69) is 20.9 Å². The number of aromatic nitrogens is 2. The highest BCUT2D eigenvalue weighted by molar-refractivity contribution is 8.01. The summed E-state index contributed by atoms with van der Waals surface area (Å²) in [6, 6.07) is 8.91. The normalized spacial score (nSPS) is 15.2. The molecule has 2 aromatic heterocycles. The van der Waals surface area contributed by atoms with Gasteiger partial charge in [-0.1, -0.05) is 36.7 Å². The molecule has 8 heteroatoms. The molecular weight excluding hydrogens is 368 g/mol. The Morgan fingerprint density at radius 1 is 1.12 bits per heavy atom. The van der Waals surface area contributed by atoms with Gasteiger partial charge in [0.25, 0.3) is 5.69 Å². The predicted molar refractivity (Wildman–Crippen MR) is 105 cm³/mol. The Kier molecular flexibility index (Phi) is 5.03. The summed E-state index contributed by atoms with van der Waals surface area (Å²) in [5, 5.41) is 12.3. The Labute approximate surface area is 159 Å². The van der Waals surface area contributed by atoms with Gasteiger partial charge in [-0.25, -0.2) is 9.97 Å². The lowest BCUT2D eigenvalue weighted by atomic mass is 10.2. The summed E-state index contributed by atoms with van der Waals surface area (Å²) in [7, 11) is 0. The SMILES string of the molecule is O=[N+]([O-])c1ccccc1Sc1cc2c(N3CCCCCC3)ncnc2s1. The summed E-state index contributed by atoms with van der Waals surface area (Å²) in [5.74, 6) is 0.988. The molecule has 1 fully saturated rings. The maximum absolute atomic E-state index is 11.2. The monoisotopic (exact) mass is 386 g/mol. The van der Waals surface area contributed by atoms with E-state index in [1.807, 2.05) is 6.07 Å². The fraction of sp³-hybridized carbons (Fsp3) is 0.333. The molecule has 26 heavy (non-hydrogen) atoms. The third-order valence-corrected chi connectivity index (χ3v) is 6.69. The molecule has 0 atom stereocenters. The summed E-state index contributed by atoms with van der Waals surface area (Å²) < 4.78 is 0.992. The van der Waals surface area contributed by atoms with Crippen molar-refractivity contribution >= 4 is 44.8 Å². The molecule has 4 rings (SSSR count). The number of benzene rings is 1. The molecule has 134 valence electrons. The molecule has 0 bridgehead atoms. The number of rotatable bonds is 4. The minimum atomic E-state index is -0.335. The van der Waals surface area contributed by atoms with Crippen molar-refractivity contribution in [2.45, 2.75) is 34.8 Å². The first-order valence-electron chi connectivity index (χ1n) is 8.63. The van der Waals surface area contributed by atoms with E-state index in [0.717, 1.165) is 33.3 Å². The van der Waals surface area contributed by atoms with Gasteiger partial charge in [0.1, 0.15) is 17.0 Å². The fourth-order valence-electron chi connectivity index (χ4n) is 3.21. The number of hydrogen-bond donors (Lipinski definition) is 0. The fourth-order valence-corrected chi connectivity index (χ4v) is 5.40. The second-order valence-electron chi connectivity index (χ2n) is 6.21. The summed E-state index contributed by atoms with van der Waals surface area (Å²) in [6.07, 6.45) is 6.54. The van der Waals surface area contributed by atoms with Crippen molar-refractivity contribution < 1.29 is 4.92 Å². The van der Waals surface area contributed by atoms with Crippen LogP contribution in [0, 0.1) is 10.1 Å². The molecule has 3 aromatic rings. The molecule has 1 aliphatic rings. The number of para-hydroxylation sites is 1. The van der Waals surface area contributed by atoms with Crippen LogP contribution in [0.1, 0.15) is 25.7 Å². The Morgan fingerprint density at radius 3 is 2.65 bits per heavy atom. The third-order valence-electron chi connectivity index (χ3n) is 4.46. The highest BCUT2D eigenvalue weighted by atomic mass is 32.2. The number of fused-ring (bicyclic) bond motifs is 1. The quantitative estimate of drug-likeness (QED) is 0.457. The summed E-state index contributed by atoms with van der Waals surface area (Å²) in [4.78, 5) is 23.8. The van der Waals surface area contributed by atoms with Crippen LogP contribution in [0.2, 0.25) is 0 Å². The number of nitro groups is 1. The number of nitrogens with zero attached hydrogens (tertiary/aromatic N) is 4. The van der Waals surface area contributed by atoms with Crippen LogP contribution in [-0.4, -0.2) is 28.0 Å². The van der Waals surface area contributed by atoms with Crippen molar-refractivity contribution in [1.29, 1.82) is 0 Å². The van der Waals surface area contributed by atoms with Crippen LogP contribution in [0.15, 0.2) is 45.8 Å². The van der Waals surface area contributed by atoms with Crippen LogP contribution >= 0.6 is 23.1 Å². The van der Waals surface area contributed by atoms with E-state index >= 15 is 0 Å². The zero-order valence-corrected chi connectivity index (χ0v) is 15.8. The van der Waals surface area contributed by atoms with Crippen LogP contribution in [0.5, 0.6) is 0 Å². The molecule has 0 radical (unpaired) electrons. The Balaban J connectivity index is 1.68. The smallest absolute Gasteiger partial charge is 0.283 e. The molecule has 0 unspecified atom stereocenters. The first kappa shape index (κ1) is 17.2. The number of hydrogen-bond acceptors (Lipinski definition) is 7. The lowest BCUT2D eigenvalue weighted by Gasteiger charge is -2.21. The Hall–Kier alpha value is -2.19. The second-order valence-corrected chi connectivity index (χ2v) is 8.58. The first-order chi connectivity index (χ1) is 12.7. The molecule has 6 nitrogen and oxygen atoms in total. The zero-order chi connectivity index (χ0) is 17.9. The van der Waals surface area contributed by atoms with Crippen LogP contribution in [0.4, 0.5) is 11.5 Å². The third kappa shape index (κ3) is 3.52. The van der Waals surface area contributed by atoms with Gasteiger partial charge in [0.05, 0.1) is 19.4 Å². The summed E-state index contributed by atoms with van der Waals surface area (Å²) in [6.45, 7) is 2.04. The number of anilines is 1. The highest BCUT2D eigenvalue weighted by Gasteiger charge is 2.19. The van der Waals surface area contributed by atoms with Crippen LogP contribution in [0.3, 0.4) is 0 Å². The molecule has 0 N–H and O–H groups in total. The van der Waals surface area contributed by atoms with Gasteiger partial charge in [0.15, 0.2) is 0 Å². The van der Waals surface area contributed by atoms with Gasteiger partial charge in [-0.15, -0.1) is 11.3 Å². The van der Waals surface area contributed by atoms with E-state index in [1.165, 1.54) is 43.5 Å². The zero-order valence-electron chi connectivity index (χ0n) is 14.1. The summed E-state index contributed by atoms with van der Waals surface area (Å²) in [5.41, 5.74) is 0.133. The highest BCUT2D eigenvalue weighted by Crippen LogP contribution is 2.41. The molecule has 1 aromatic carbocycles. The van der Waals surface area contributed by atoms with Gasteiger partial charge in [0.2, 0.25) is 0 Å². The van der Waals surface area contributed by atoms with E-state index < -0.39 is 0 Å². The number of thiophene rings is 1. The molecule has 3 heterocycles. The molecule has 0 amide bonds. The summed E-state index contributed by atoms with van der Waals surface area (Å²) >= 11 is 2.98. The van der Waals surface area contributed by atoms with E-state index in [4.69, 9.17) is 0 Å². The molecule has 0 spiro atoms. The van der Waals surface area contributed by atoms with E-state index in [0.29, 0.717) is 4.90 Å². The molecular formula is C18H18N4O2S2. The lowest BCUT2D eigenvalue weighted by molar-refractivity contribution is -0.387. The van der Waals surface area contributed by atoms with Crippen LogP contribution in [-0.2, 0) is 0 Å². The van der Waals surface area contributed by atoms with Crippen LogP contribution < -0.4 is 4.90 Å². The van der Waals surface area contributed by atoms with Crippen molar-refractivity contribution in [3.63, 3.8) is 0 Å². The van der Waals surface area contributed by atoms with E-state index in [9.17, 15) is 10.1 Å². The minimum Gasteiger partial charge on any atom is -0.356 e. The maximum atomic E-state index is 11.2. The van der Waals surface area contributed by atoms with Gasteiger partial charge in [-0.3, -0.25) is 10.1 Å². The minimum absolute atomic E-state index is 0.133. The Morgan fingerprint density at radius 2 is 1.88 bits per heavy atom. The molecule has 0 aliphatic carbocycles. The molecule has 1 saturated heterocycles. The van der Waals surface area contributed by atoms with Crippen molar-refractivity contribution in [3.8, 4) is 0 Å².